The molecule has 4 rings (SSSR count). The topological polar surface area (TPSA) is 112 Å². The van der Waals surface area contributed by atoms with Gasteiger partial charge in [-0.25, -0.2) is 9.59 Å². The van der Waals surface area contributed by atoms with Gasteiger partial charge in [-0.15, -0.1) is 0 Å². The van der Waals surface area contributed by atoms with Crippen molar-refractivity contribution in [2.24, 2.45) is 0 Å². The Bertz CT molecular complexity index is 2420. The molecule has 8 nitrogen and oxygen atoms in total. The summed E-state index contributed by atoms with van der Waals surface area (Å²) in [4.78, 5) is 23.1. The summed E-state index contributed by atoms with van der Waals surface area (Å²) in [5, 5.41) is 18.9. The Hall–Kier alpha value is -6.74. The second-order valence-electron chi connectivity index (χ2n) is 16.1. The van der Waals surface area contributed by atoms with Gasteiger partial charge in [0.2, 0.25) is 0 Å². The van der Waals surface area contributed by atoms with Crippen LogP contribution in [0.25, 0.3) is 0 Å². The minimum atomic E-state index is -1.01. The van der Waals surface area contributed by atoms with E-state index in [1.54, 1.807) is 48.5 Å². The van der Waals surface area contributed by atoms with E-state index in [2.05, 4.69) is 75.1 Å². The normalized spacial score (nSPS) is 10.2. The number of unbranched alkanes of at least 4 members (excludes halogenated alkanes) is 12. The molecule has 0 atom stereocenters. The zero-order valence-electron chi connectivity index (χ0n) is 39.4. The predicted octanol–water partition coefficient (Wildman–Crippen LogP) is 13.1. The van der Waals surface area contributed by atoms with Gasteiger partial charge in [-0.3, -0.25) is 0 Å². The van der Waals surface area contributed by atoms with Crippen molar-refractivity contribution in [1.29, 1.82) is 0 Å². The summed E-state index contributed by atoms with van der Waals surface area (Å²) in [7, 11) is 0. The van der Waals surface area contributed by atoms with Gasteiger partial charge >= 0.3 is 11.9 Å². The molecule has 346 valence electrons. The average molecular weight is 891 g/mol. The molecule has 0 spiro atoms. The van der Waals surface area contributed by atoms with Crippen LogP contribution in [0.1, 0.15) is 185 Å². The van der Waals surface area contributed by atoms with Crippen molar-refractivity contribution < 1.29 is 38.7 Å². The Balaban J connectivity index is 1.79. The molecule has 0 aliphatic carbocycles. The molecule has 4 aromatic carbocycles. The standard InChI is InChI=1S/C58H66O8/c1-5-9-13-19-36-63-53-43-50(34-30-45-28-32-47(33-29-45)57(59)60)55(65-38-21-15-11-7-3)41-48(53)25-17-18-26-49-42-56(66-39-22-16-12-8-4)51(44-54(49)64-37-20-14-10-6-2)35-31-46-24-23-27-52(40-46)58(61)62/h23-24,27-29,32-33,40-44H,5-16,19-22,36-39H2,1-4H3,(H,59,60)(H,61,62). The fourth-order valence-electron chi connectivity index (χ4n) is 6.73. The first-order valence-corrected chi connectivity index (χ1v) is 23.9. The van der Waals surface area contributed by atoms with Crippen LogP contribution in [0.3, 0.4) is 0 Å². The maximum Gasteiger partial charge on any atom is 0.335 e. The van der Waals surface area contributed by atoms with Gasteiger partial charge in [0.1, 0.15) is 23.0 Å². The molecule has 0 bridgehead atoms. The molecule has 0 saturated heterocycles. The van der Waals surface area contributed by atoms with E-state index in [4.69, 9.17) is 18.9 Å². The van der Waals surface area contributed by atoms with Crippen LogP contribution in [-0.2, 0) is 0 Å². The Morgan fingerprint density at radius 1 is 0.394 bits per heavy atom. The zero-order valence-corrected chi connectivity index (χ0v) is 39.4. The highest BCUT2D eigenvalue weighted by Gasteiger charge is 2.13. The average Bonchev–Trinajstić information content (AvgIpc) is 3.32. The lowest BCUT2D eigenvalue weighted by molar-refractivity contribution is 0.0686. The molecule has 0 aliphatic heterocycles. The molecular formula is C58H66O8. The summed E-state index contributed by atoms with van der Waals surface area (Å²) in [6.07, 6.45) is 16.7. The lowest BCUT2D eigenvalue weighted by Gasteiger charge is -2.14. The van der Waals surface area contributed by atoms with Crippen LogP contribution in [0.15, 0.2) is 72.8 Å². The van der Waals surface area contributed by atoms with Gasteiger partial charge in [0.25, 0.3) is 0 Å². The van der Waals surface area contributed by atoms with Crippen LogP contribution < -0.4 is 18.9 Å². The van der Waals surface area contributed by atoms with E-state index in [0.717, 1.165) is 103 Å². The molecule has 4 aromatic rings. The van der Waals surface area contributed by atoms with Crippen LogP contribution in [0.2, 0.25) is 0 Å². The number of ether oxygens (including phenoxy) is 4. The van der Waals surface area contributed by atoms with E-state index in [-0.39, 0.29) is 11.1 Å². The van der Waals surface area contributed by atoms with Gasteiger partial charge < -0.3 is 29.2 Å². The first-order valence-electron chi connectivity index (χ1n) is 23.9. The SMILES string of the molecule is CCCCCCOc1cc(C#Cc2ccc(C(=O)O)cc2)c(OCCCCCC)cc1C#CC#Cc1cc(OCCCCCC)c(C#Cc2cccc(C(=O)O)c2)cc1OCCCCCC. The minimum Gasteiger partial charge on any atom is -0.492 e. The molecule has 0 heterocycles. The van der Waals surface area contributed by atoms with Gasteiger partial charge in [0.05, 0.1) is 59.8 Å². The molecular weight excluding hydrogens is 825 g/mol. The summed E-state index contributed by atoms with van der Waals surface area (Å²) in [5.41, 5.74) is 4.13. The molecule has 0 unspecified atom stereocenters. The highest BCUT2D eigenvalue weighted by atomic mass is 16.5. The Morgan fingerprint density at radius 2 is 0.758 bits per heavy atom. The van der Waals surface area contributed by atoms with Crippen molar-refractivity contribution in [2.45, 2.75) is 130 Å². The maximum atomic E-state index is 11.7. The number of hydrogen-bond donors (Lipinski definition) is 2. The molecule has 66 heavy (non-hydrogen) atoms. The van der Waals surface area contributed by atoms with Crippen molar-refractivity contribution in [3.63, 3.8) is 0 Å². The summed E-state index contributed by atoms with van der Waals surface area (Å²) < 4.78 is 25.5. The summed E-state index contributed by atoms with van der Waals surface area (Å²) in [6.45, 7) is 10.8. The number of carboxylic acids is 2. The van der Waals surface area contributed by atoms with Crippen LogP contribution in [0, 0.1) is 47.4 Å². The van der Waals surface area contributed by atoms with Crippen molar-refractivity contribution in [1.82, 2.24) is 0 Å². The molecule has 0 aliphatic rings. The number of hydrogen-bond acceptors (Lipinski definition) is 6. The van der Waals surface area contributed by atoms with Crippen LogP contribution in [0.4, 0.5) is 0 Å². The van der Waals surface area contributed by atoms with Crippen LogP contribution >= 0.6 is 0 Å². The fraction of sp³-hybridized carbons (Fsp3) is 0.414. The van der Waals surface area contributed by atoms with Crippen molar-refractivity contribution >= 4 is 11.9 Å². The van der Waals surface area contributed by atoms with Gasteiger partial charge in [0.15, 0.2) is 0 Å². The maximum absolute atomic E-state index is 11.7. The van der Waals surface area contributed by atoms with Crippen molar-refractivity contribution in [3.8, 4) is 70.4 Å². The largest absolute Gasteiger partial charge is 0.492 e. The lowest BCUT2D eigenvalue weighted by atomic mass is 10.1. The highest BCUT2D eigenvalue weighted by Crippen LogP contribution is 2.31. The second-order valence-corrected chi connectivity index (χ2v) is 16.1. The van der Waals surface area contributed by atoms with Gasteiger partial charge in [0, 0.05) is 35.4 Å². The van der Waals surface area contributed by atoms with E-state index in [0.29, 0.717) is 82.8 Å². The van der Waals surface area contributed by atoms with E-state index in [1.807, 2.05) is 24.3 Å². The third-order valence-electron chi connectivity index (χ3n) is 10.6. The minimum absolute atomic E-state index is 0.167. The summed E-state index contributed by atoms with van der Waals surface area (Å²) in [6, 6.07) is 20.5. The monoisotopic (exact) mass is 890 g/mol. The van der Waals surface area contributed by atoms with Gasteiger partial charge in [-0.2, -0.15) is 0 Å². The third kappa shape index (κ3) is 18.8. The number of carbonyl (C=O) groups is 2. The zero-order chi connectivity index (χ0) is 47.2. The number of rotatable bonds is 26. The van der Waals surface area contributed by atoms with E-state index in [1.165, 1.54) is 0 Å². The van der Waals surface area contributed by atoms with Crippen LogP contribution in [0.5, 0.6) is 23.0 Å². The van der Waals surface area contributed by atoms with Crippen molar-refractivity contribution in [2.75, 3.05) is 26.4 Å². The smallest absolute Gasteiger partial charge is 0.335 e. The number of carboxylic acid groups (broad SMARTS) is 2. The van der Waals surface area contributed by atoms with E-state index in [9.17, 15) is 19.8 Å². The first kappa shape index (κ1) is 51.9. The molecule has 2 N–H and O–H groups in total. The Morgan fingerprint density at radius 3 is 1.12 bits per heavy atom. The summed E-state index contributed by atoms with van der Waals surface area (Å²) in [5.74, 6) is 25.7. The Labute approximate surface area is 393 Å². The Kier molecular flexibility index (Phi) is 23.9. The quantitative estimate of drug-likeness (QED) is 0.0474. The predicted molar refractivity (Wildman–Crippen MR) is 264 cm³/mol. The molecule has 8 heteroatoms. The molecule has 0 fully saturated rings. The lowest BCUT2D eigenvalue weighted by Crippen LogP contribution is -2.03. The van der Waals surface area contributed by atoms with Gasteiger partial charge in [-0.05, 0) is 91.8 Å². The molecule has 0 saturated carbocycles. The van der Waals surface area contributed by atoms with E-state index >= 15 is 0 Å². The van der Waals surface area contributed by atoms with Crippen molar-refractivity contribution in [3.05, 3.63) is 117 Å². The molecule has 0 amide bonds. The van der Waals surface area contributed by atoms with E-state index < -0.39 is 11.9 Å². The fourth-order valence-corrected chi connectivity index (χ4v) is 6.73. The second kappa shape index (κ2) is 30.4. The number of benzene rings is 4. The highest BCUT2D eigenvalue weighted by molar-refractivity contribution is 5.88. The van der Waals surface area contributed by atoms with Crippen LogP contribution in [-0.4, -0.2) is 48.6 Å². The molecule has 0 radical (unpaired) electrons. The third-order valence-corrected chi connectivity index (χ3v) is 10.6. The van der Waals surface area contributed by atoms with Gasteiger partial charge in [-0.1, -0.05) is 134 Å². The number of aromatic carboxylic acids is 2. The molecule has 0 aromatic heterocycles. The summed E-state index contributed by atoms with van der Waals surface area (Å²) >= 11 is 0. The first-order chi connectivity index (χ1) is 32.3.